The van der Waals surface area contributed by atoms with Crippen LogP contribution in [0.5, 0.6) is 0 Å². The smallest absolute Gasteiger partial charge is 0.0384 e. The molecule has 0 radical (unpaired) electrons. The van der Waals surface area contributed by atoms with Crippen LogP contribution in [0.2, 0.25) is 0 Å². The van der Waals surface area contributed by atoms with Gasteiger partial charge >= 0.3 is 0 Å². The van der Waals surface area contributed by atoms with E-state index in [2.05, 4.69) is 120 Å². The monoisotopic (exact) mass is 645 g/mol. The van der Waals surface area contributed by atoms with Gasteiger partial charge < -0.3 is 10.6 Å². The van der Waals surface area contributed by atoms with E-state index in [1.165, 1.54) is 156 Å². The van der Waals surface area contributed by atoms with Gasteiger partial charge in [0.1, 0.15) is 0 Å². The Morgan fingerprint density at radius 3 is 1.19 bits per heavy atom. The average molecular weight is 645 g/mol. The van der Waals surface area contributed by atoms with Crippen molar-refractivity contribution in [2.24, 2.45) is 0 Å². The van der Waals surface area contributed by atoms with E-state index >= 15 is 0 Å². The van der Waals surface area contributed by atoms with Crippen LogP contribution in [0.15, 0.2) is 109 Å². The van der Waals surface area contributed by atoms with Gasteiger partial charge in [-0.1, -0.05) is 182 Å². The molecule has 0 aliphatic rings. The second kappa shape index (κ2) is 24.6. The first-order valence-corrected chi connectivity index (χ1v) is 19.6. The zero-order chi connectivity index (χ0) is 33.2. The highest BCUT2D eigenvalue weighted by atomic mass is 14.9. The summed E-state index contributed by atoms with van der Waals surface area (Å²) >= 11 is 0. The lowest BCUT2D eigenvalue weighted by Gasteiger charge is -2.08. The van der Waals surface area contributed by atoms with E-state index in [1.54, 1.807) is 0 Å². The number of rotatable bonds is 27. The maximum atomic E-state index is 3.60. The van der Waals surface area contributed by atoms with Crippen LogP contribution in [-0.2, 0) is 12.8 Å². The molecule has 48 heavy (non-hydrogen) atoms. The summed E-state index contributed by atoms with van der Waals surface area (Å²) < 4.78 is 0. The van der Waals surface area contributed by atoms with Crippen molar-refractivity contribution in [1.82, 2.24) is 0 Å². The molecule has 0 saturated carbocycles. The summed E-state index contributed by atoms with van der Waals surface area (Å²) in [6, 6.07) is 39.1. The molecule has 2 N–H and O–H groups in total. The Hall–Kier alpha value is -3.52. The normalized spacial score (nSPS) is 11.1. The van der Waals surface area contributed by atoms with Crippen molar-refractivity contribution in [2.75, 3.05) is 17.2 Å². The molecule has 0 saturated heterocycles. The average Bonchev–Trinajstić information content (AvgIpc) is 3.13. The van der Waals surface area contributed by atoms with Gasteiger partial charge in [0.05, 0.1) is 0 Å². The SMILES string of the molecule is c1ccc(Cc2ccc(NCCCCCCCCCCCCCCCCCCCCCc3ccc(Nc4ccccc4)cc3)cc2)cc1. The minimum absolute atomic E-state index is 1.01. The Balaban J connectivity index is 0.831. The third kappa shape index (κ3) is 17.0. The molecular weight excluding hydrogens is 581 g/mol. The lowest BCUT2D eigenvalue weighted by atomic mass is 10.0. The molecule has 0 spiro atoms. The molecule has 0 bridgehead atoms. The Bertz CT molecular complexity index is 1190. The van der Waals surface area contributed by atoms with Crippen LogP contribution in [0.1, 0.15) is 139 Å². The zero-order valence-corrected chi connectivity index (χ0v) is 29.9. The molecule has 0 aromatic heterocycles. The Morgan fingerprint density at radius 1 is 0.292 bits per heavy atom. The van der Waals surface area contributed by atoms with Gasteiger partial charge in [-0.25, -0.2) is 0 Å². The highest BCUT2D eigenvalue weighted by Crippen LogP contribution is 2.19. The maximum absolute atomic E-state index is 3.60. The predicted molar refractivity (Wildman–Crippen MR) is 212 cm³/mol. The Kier molecular flexibility index (Phi) is 19.1. The number of nitrogens with one attached hydrogen (secondary N) is 2. The standard InChI is InChI=1S/C46H64N2/c1(2-4-6-8-10-12-14-16-20-26-41-31-37-46(38-32-41)48-45-29-23-19-24-30-45)3-5-7-9-11-13-15-17-25-39-47-44-35-33-43(34-36-44)40-42-27-21-18-22-28-42/h18-19,21-24,27-38,47-48H,1-17,20,25-26,39-40H2. The number of hydrogen-bond acceptors (Lipinski definition) is 2. The Morgan fingerprint density at radius 2 is 0.667 bits per heavy atom. The molecular formula is C46H64N2. The van der Waals surface area contributed by atoms with Crippen LogP contribution >= 0.6 is 0 Å². The van der Waals surface area contributed by atoms with Crippen molar-refractivity contribution in [1.29, 1.82) is 0 Å². The summed E-state index contributed by atoms with van der Waals surface area (Å²) in [6.07, 6.45) is 29.0. The van der Waals surface area contributed by atoms with Gasteiger partial charge in [0, 0.05) is 23.6 Å². The van der Waals surface area contributed by atoms with E-state index in [0.29, 0.717) is 0 Å². The summed E-state index contributed by atoms with van der Waals surface area (Å²) in [5.74, 6) is 0. The molecule has 0 aliphatic carbocycles. The third-order valence-corrected chi connectivity index (χ3v) is 9.69. The molecule has 4 aromatic rings. The van der Waals surface area contributed by atoms with Crippen LogP contribution in [-0.4, -0.2) is 6.54 Å². The molecule has 2 heteroatoms. The predicted octanol–water partition coefficient (Wildman–Crippen LogP) is 14.1. The molecule has 0 fully saturated rings. The number of para-hydroxylation sites is 1. The van der Waals surface area contributed by atoms with Gasteiger partial charge in [-0.15, -0.1) is 0 Å². The molecule has 2 nitrogen and oxygen atoms in total. The summed E-state index contributed by atoms with van der Waals surface area (Å²) in [6.45, 7) is 1.09. The second-order valence-corrected chi connectivity index (χ2v) is 13.9. The van der Waals surface area contributed by atoms with Crippen molar-refractivity contribution in [3.8, 4) is 0 Å². The summed E-state index contributed by atoms with van der Waals surface area (Å²) in [5, 5.41) is 7.07. The fourth-order valence-electron chi connectivity index (χ4n) is 6.71. The van der Waals surface area contributed by atoms with Crippen molar-refractivity contribution < 1.29 is 0 Å². The van der Waals surface area contributed by atoms with Crippen molar-refractivity contribution in [2.45, 2.75) is 135 Å². The molecule has 258 valence electrons. The lowest BCUT2D eigenvalue weighted by molar-refractivity contribution is 0.523. The van der Waals surface area contributed by atoms with E-state index in [9.17, 15) is 0 Å². The second-order valence-electron chi connectivity index (χ2n) is 13.9. The number of hydrogen-bond donors (Lipinski definition) is 2. The largest absolute Gasteiger partial charge is 0.385 e. The van der Waals surface area contributed by atoms with E-state index in [1.807, 2.05) is 0 Å². The van der Waals surface area contributed by atoms with Gasteiger partial charge in [-0.2, -0.15) is 0 Å². The topological polar surface area (TPSA) is 24.1 Å². The number of anilines is 3. The van der Waals surface area contributed by atoms with Crippen molar-refractivity contribution in [3.05, 3.63) is 126 Å². The van der Waals surface area contributed by atoms with Crippen LogP contribution in [0.3, 0.4) is 0 Å². The zero-order valence-electron chi connectivity index (χ0n) is 29.9. The molecule has 0 aliphatic heterocycles. The van der Waals surface area contributed by atoms with Crippen molar-refractivity contribution >= 4 is 17.1 Å². The minimum Gasteiger partial charge on any atom is -0.385 e. The van der Waals surface area contributed by atoms with E-state index in [-0.39, 0.29) is 0 Å². The van der Waals surface area contributed by atoms with Crippen LogP contribution in [0, 0.1) is 0 Å². The lowest BCUT2D eigenvalue weighted by Crippen LogP contribution is -2.01. The first kappa shape index (κ1) is 37.3. The Labute approximate surface area is 294 Å². The molecule has 0 unspecified atom stereocenters. The summed E-state index contributed by atoms with van der Waals surface area (Å²) in [5.41, 5.74) is 7.77. The molecule has 0 atom stereocenters. The number of benzene rings is 4. The maximum Gasteiger partial charge on any atom is 0.0384 e. The molecule has 0 amide bonds. The highest BCUT2D eigenvalue weighted by Gasteiger charge is 2.00. The fourth-order valence-corrected chi connectivity index (χ4v) is 6.71. The summed E-state index contributed by atoms with van der Waals surface area (Å²) in [7, 11) is 0. The van der Waals surface area contributed by atoms with E-state index in [0.717, 1.165) is 18.7 Å². The van der Waals surface area contributed by atoms with Crippen LogP contribution < -0.4 is 10.6 Å². The summed E-state index contributed by atoms with van der Waals surface area (Å²) in [4.78, 5) is 0. The first-order valence-electron chi connectivity index (χ1n) is 19.6. The minimum atomic E-state index is 1.01. The van der Waals surface area contributed by atoms with Crippen LogP contribution in [0.4, 0.5) is 17.1 Å². The molecule has 4 rings (SSSR count). The van der Waals surface area contributed by atoms with Crippen molar-refractivity contribution in [3.63, 3.8) is 0 Å². The highest BCUT2D eigenvalue weighted by molar-refractivity contribution is 5.59. The molecule has 0 heterocycles. The fraction of sp³-hybridized carbons (Fsp3) is 0.478. The van der Waals surface area contributed by atoms with Crippen LogP contribution in [0.25, 0.3) is 0 Å². The third-order valence-electron chi connectivity index (χ3n) is 9.69. The van der Waals surface area contributed by atoms with Gasteiger partial charge in [-0.05, 0) is 78.8 Å². The quantitative estimate of drug-likeness (QED) is 0.0631. The van der Waals surface area contributed by atoms with Gasteiger partial charge in [0.25, 0.3) is 0 Å². The number of aryl methyl sites for hydroxylation is 1. The van der Waals surface area contributed by atoms with Gasteiger partial charge in [0.15, 0.2) is 0 Å². The van der Waals surface area contributed by atoms with E-state index < -0.39 is 0 Å². The van der Waals surface area contributed by atoms with E-state index in [4.69, 9.17) is 0 Å². The first-order chi connectivity index (χ1) is 23.8. The van der Waals surface area contributed by atoms with Gasteiger partial charge in [-0.3, -0.25) is 0 Å². The molecule has 4 aromatic carbocycles. The number of unbranched alkanes of at least 4 members (excludes halogenated alkanes) is 18. The van der Waals surface area contributed by atoms with Gasteiger partial charge in [0.2, 0.25) is 0 Å².